The van der Waals surface area contributed by atoms with Crippen molar-refractivity contribution in [3.63, 3.8) is 0 Å². The molecule has 0 unspecified atom stereocenters. The molecule has 0 amide bonds. The SMILES string of the molecule is O=S1(=O)C=C(OCC2CCNCC2)C=N1. The molecule has 1 N–H and O–H groups in total. The number of allylic oxidation sites excluding steroid dienone is 1. The van der Waals surface area contributed by atoms with Gasteiger partial charge in [-0.1, -0.05) is 0 Å². The quantitative estimate of drug-likeness (QED) is 0.755. The van der Waals surface area contributed by atoms with Gasteiger partial charge in [0.15, 0.2) is 5.76 Å². The van der Waals surface area contributed by atoms with Crippen molar-refractivity contribution < 1.29 is 13.2 Å². The van der Waals surface area contributed by atoms with Crippen molar-refractivity contribution in [2.75, 3.05) is 19.7 Å². The van der Waals surface area contributed by atoms with Crippen molar-refractivity contribution in [3.05, 3.63) is 11.2 Å². The number of ether oxygens (including phenoxy) is 1. The molecule has 2 aliphatic rings. The number of sulfonamides is 1. The van der Waals surface area contributed by atoms with Crippen molar-refractivity contribution in [3.8, 4) is 0 Å². The highest BCUT2D eigenvalue weighted by molar-refractivity contribution is 7.93. The summed E-state index contributed by atoms with van der Waals surface area (Å²) in [6.07, 6.45) is 3.42. The number of hydrogen-bond acceptors (Lipinski definition) is 4. The summed E-state index contributed by atoms with van der Waals surface area (Å²) in [5.41, 5.74) is 0. The molecule has 2 rings (SSSR count). The minimum absolute atomic E-state index is 0.355. The van der Waals surface area contributed by atoms with E-state index < -0.39 is 10.0 Å². The first-order valence-electron chi connectivity index (χ1n) is 5.01. The molecular formula is C9H14N2O3S. The van der Waals surface area contributed by atoms with Gasteiger partial charge in [-0.05, 0) is 31.8 Å². The monoisotopic (exact) mass is 230 g/mol. The Morgan fingerprint density at radius 1 is 1.47 bits per heavy atom. The minimum Gasteiger partial charge on any atom is -0.491 e. The van der Waals surface area contributed by atoms with Crippen LogP contribution in [0.15, 0.2) is 15.6 Å². The van der Waals surface area contributed by atoms with E-state index in [9.17, 15) is 8.42 Å². The molecule has 2 aliphatic heterocycles. The van der Waals surface area contributed by atoms with Crippen LogP contribution in [0.2, 0.25) is 0 Å². The van der Waals surface area contributed by atoms with Crippen LogP contribution in [0.5, 0.6) is 0 Å². The van der Waals surface area contributed by atoms with Gasteiger partial charge in [0.1, 0.15) is 0 Å². The maximum absolute atomic E-state index is 10.9. The lowest BCUT2D eigenvalue weighted by Gasteiger charge is -2.22. The van der Waals surface area contributed by atoms with E-state index in [2.05, 4.69) is 9.71 Å². The van der Waals surface area contributed by atoms with Gasteiger partial charge in [0, 0.05) is 0 Å². The molecule has 84 valence electrons. The molecule has 0 bridgehead atoms. The largest absolute Gasteiger partial charge is 0.491 e. The molecule has 0 aromatic heterocycles. The average molecular weight is 230 g/mol. The molecule has 6 heteroatoms. The van der Waals surface area contributed by atoms with E-state index in [1.807, 2.05) is 0 Å². The van der Waals surface area contributed by atoms with Crippen molar-refractivity contribution in [1.29, 1.82) is 0 Å². The normalized spacial score (nSPS) is 25.2. The molecule has 0 radical (unpaired) electrons. The van der Waals surface area contributed by atoms with E-state index in [1.54, 1.807) is 0 Å². The van der Waals surface area contributed by atoms with Crippen LogP contribution in [0.1, 0.15) is 12.8 Å². The topological polar surface area (TPSA) is 67.8 Å². The van der Waals surface area contributed by atoms with Crippen molar-refractivity contribution in [1.82, 2.24) is 5.32 Å². The van der Waals surface area contributed by atoms with Crippen molar-refractivity contribution in [2.45, 2.75) is 12.8 Å². The first-order valence-corrected chi connectivity index (χ1v) is 6.52. The highest BCUT2D eigenvalue weighted by Gasteiger charge is 2.17. The lowest BCUT2D eigenvalue weighted by Crippen LogP contribution is -2.29. The molecule has 1 saturated heterocycles. The third kappa shape index (κ3) is 3.04. The molecule has 0 spiro atoms. The van der Waals surface area contributed by atoms with E-state index in [0.29, 0.717) is 18.3 Å². The van der Waals surface area contributed by atoms with Gasteiger partial charge >= 0.3 is 0 Å². The summed E-state index contributed by atoms with van der Waals surface area (Å²) in [7, 11) is -3.38. The Morgan fingerprint density at radius 3 is 2.80 bits per heavy atom. The predicted octanol–water partition coefficient (Wildman–Crippen LogP) is 0.258. The molecule has 0 aliphatic carbocycles. The van der Waals surface area contributed by atoms with Gasteiger partial charge in [-0.25, -0.2) is 0 Å². The number of hydrogen-bond donors (Lipinski definition) is 1. The summed E-state index contributed by atoms with van der Waals surface area (Å²) in [5.74, 6) is 0.873. The molecule has 0 saturated carbocycles. The second-order valence-corrected chi connectivity index (χ2v) is 5.25. The predicted molar refractivity (Wildman–Crippen MR) is 57.0 cm³/mol. The zero-order valence-electron chi connectivity index (χ0n) is 8.35. The van der Waals surface area contributed by atoms with Crippen LogP contribution in [0, 0.1) is 5.92 Å². The van der Waals surface area contributed by atoms with Gasteiger partial charge in [0.05, 0.1) is 18.2 Å². The summed E-state index contributed by atoms with van der Waals surface area (Å²) >= 11 is 0. The number of nitrogens with one attached hydrogen (secondary N) is 1. The molecule has 0 atom stereocenters. The summed E-state index contributed by atoms with van der Waals surface area (Å²) in [6.45, 7) is 2.61. The summed E-state index contributed by atoms with van der Waals surface area (Å²) in [4.78, 5) is 0. The summed E-state index contributed by atoms with van der Waals surface area (Å²) in [6, 6.07) is 0. The molecule has 15 heavy (non-hydrogen) atoms. The van der Waals surface area contributed by atoms with Crippen LogP contribution in [0.3, 0.4) is 0 Å². The molecule has 2 heterocycles. The molecule has 0 aromatic carbocycles. The van der Waals surface area contributed by atoms with Crippen molar-refractivity contribution >= 4 is 16.2 Å². The highest BCUT2D eigenvalue weighted by Crippen LogP contribution is 2.15. The Bertz CT molecular complexity index is 380. The van der Waals surface area contributed by atoms with E-state index in [-0.39, 0.29) is 0 Å². The van der Waals surface area contributed by atoms with Gasteiger partial charge in [0.25, 0.3) is 10.0 Å². The second-order valence-electron chi connectivity index (χ2n) is 3.77. The van der Waals surface area contributed by atoms with Crippen LogP contribution >= 0.6 is 0 Å². The van der Waals surface area contributed by atoms with Gasteiger partial charge in [-0.3, -0.25) is 0 Å². The van der Waals surface area contributed by atoms with Crippen LogP contribution in [0.4, 0.5) is 0 Å². The standard InChI is InChI=1S/C9H14N2O3S/c12-15(13)7-9(5-11-15)14-6-8-1-3-10-4-2-8/h5,7-8,10H,1-4,6H2. The fraction of sp³-hybridized carbons (Fsp3) is 0.667. The Balaban J connectivity index is 1.81. The average Bonchev–Trinajstić information content (AvgIpc) is 2.57. The van der Waals surface area contributed by atoms with Crippen LogP contribution in [0.25, 0.3) is 0 Å². The number of piperidine rings is 1. The lowest BCUT2D eigenvalue weighted by molar-refractivity contribution is 0.160. The van der Waals surface area contributed by atoms with E-state index in [4.69, 9.17) is 4.74 Å². The maximum atomic E-state index is 10.9. The van der Waals surface area contributed by atoms with Crippen LogP contribution in [-0.2, 0) is 14.8 Å². The minimum atomic E-state index is -3.38. The molecule has 5 nitrogen and oxygen atoms in total. The highest BCUT2D eigenvalue weighted by atomic mass is 32.2. The van der Waals surface area contributed by atoms with Crippen molar-refractivity contribution in [2.24, 2.45) is 10.3 Å². The first-order chi connectivity index (χ1) is 7.16. The molecule has 1 fully saturated rings. The van der Waals surface area contributed by atoms with Crippen LogP contribution in [-0.4, -0.2) is 34.3 Å². The van der Waals surface area contributed by atoms with Gasteiger partial charge in [-0.2, -0.15) is 12.8 Å². The number of rotatable bonds is 3. The molecule has 0 aromatic rings. The second kappa shape index (κ2) is 4.32. The Morgan fingerprint density at radius 2 is 2.20 bits per heavy atom. The Hall–Kier alpha value is -0.880. The van der Waals surface area contributed by atoms with E-state index in [1.165, 1.54) is 6.21 Å². The van der Waals surface area contributed by atoms with Gasteiger partial charge in [0.2, 0.25) is 0 Å². The third-order valence-electron chi connectivity index (χ3n) is 2.54. The van der Waals surface area contributed by atoms with Gasteiger partial charge < -0.3 is 10.1 Å². The lowest BCUT2D eigenvalue weighted by atomic mass is 9.99. The van der Waals surface area contributed by atoms with Gasteiger partial charge in [-0.15, -0.1) is 0 Å². The third-order valence-corrected chi connectivity index (χ3v) is 3.47. The maximum Gasteiger partial charge on any atom is 0.279 e. The smallest absolute Gasteiger partial charge is 0.279 e. The zero-order valence-corrected chi connectivity index (χ0v) is 9.16. The number of nitrogens with zero attached hydrogens (tertiary/aromatic N) is 1. The van der Waals surface area contributed by atoms with E-state index >= 15 is 0 Å². The first kappa shape index (κ1) is 10.6. The summed E-state index contributed by atoms with van der Waals surface area (Å²) in [5, 5.41) is 4.33. The zero-order chi connectivity index (χ0) is 10.7. The van der Waals surface area contributed by atoms with Crippen LogP contribution < -0.4 is 5.32 Å². The Kier molecular flexibility index (Phi) is 3.06. The summed E-state index contributed by atoms with van der Waals surface area (Å²) < 4.78 is 30.6. The fourth-order valence-corrected chi connectivity index (χ4v) is 2.40. The molecular weight excluding hydrogens is 216 g/mol. The Labute approximate surface area is 89.3 Å². The van der Waals surface area contributed by atoms with E-state index in [0.717, 1.165) is 31.3 Å². The fourth-order valence-electron chi connectivity index (χ4n) is 1.67.